The molecule has 1 aromatic carbocycles. The molecule has 0 aliphatic carbocycles. The highest BCUT2D eigenvalue weighted by Gasteiger charge is 2.33. The van der Waals surface area contributed by atoms with Crippen molar-refractivity contribution in [1.29, 1.82) is 0 Å². The summed E-state index contributed by atoms with van der Waals surface area (Å²) in [6.07, 6.45) is -4.33. The summed E-state index contributed by atoms with van der Waals surface area (Å²) in [6.45, 7) is 0.275. The Kier molecular flexibility index (Phi) is 5.26. The van der Waals surface area contributed by atoms with Gasteiger partial charge in [-0.2, -0.15) is 13.2 Å². The average molecular weight is 343 g/mol. The number of nitrogens with zero attached hydrogens (tertiary/aromatic N) is 1. The van der Waals surface area contributed by atoms with Gasteiger partial charge in [0.05, 0.1) is 12.7 Å². The van der Waals surface area contributed by atoms with E-state index in [0.717, 1.165) is 24.3 Å². The summed E-state index contributed by atoms with van der Waals surface area (Å²) < 4.78 is 42.2. The van der Waals surface area contributed by atoms with Crippen molar-refractivity contribution in [3.05, 3.63) is 35.4 Å². The van der Waals surface area contributed by atoms with Gasteiger partial charge in [-0.1, -0.05) is 0 Å². The van der Waals surface area contributed by atoms with Gasteiger partial charge in [-0.05, 0) is 30.7 Å². The summed E-state index contributed by atoms with van der Waals surface area (Å²) in [5.41, 5.74) is -0.734. The van der Waals surface area contributed by atoms with Gasteiger partial charge >= 0.3 is 12.1 Å². The molecule has 0 N–H and O–H groups in total. The Hall–Kier alpha value is -2.38. The molecule has 0 spiro atoms. The van der Waals surface area contributed by atoms with Crippen molar-refractivity contribution in [2.45, 2.75) is 19.0 Å². The van der Waals surface area contributed by atoms with E-state index in [-0.39, 0.29) is 37.3 Å². The lowest BCUT2D eigenvalue weighted by atomic mass is 10.00. The zero-order chi connectivity index (χ0) is 17.9. The third-order valence-electron chi connectivity index (χ3n) is 3.94. The van der Waals surface area contributed by atoms with Gasteiger partial charge in [-0.25, -0.2) is 0 Å². The van der Waals surface area contributed by atoms with Crippen LogP contribution < -0.4 is 0 Å². The number of Topliss-reactive ketones (excluding diaryl/α,β-unsaturated/α-hetero) is 1. The minimum Gasteiger partial charge on any atom is -0.468 e. The fourth-order valence-electron chi connectivity index (χ4n) is 2.56. The topological polar surface area (TPSA) is 63.7 Å². The third kappa shape index (κ3) is 3.93. The fraction of sp³-hybridized carbons (Fsp3) is 0.438. The van der Waals surface area contributed by atoms with E-state index in [9.17, 15) is 27.6 Å². The van der Waals surface area contributed by atoms with Crippen LogP contribution in [-0.2, 0) is 20.5 Å². The molecule has 0 bridgehead atoms. The molecule has 0 saturated carbocycles. The van der Waals surface area contributed by atoms with Crippen molar-refractivity contribution in [2.24, 2.45) is 5.92 Å². The standard InChI is InChI=1S/C16H16F3NO4/c1-24-15(23)12-6-8-20(9-7-13(12)21)14(22)10-2-4-11(5-3-10)16(17,18)19/h2-5,12H,6-9H2,1H3. The molecular weight excluding hydrogens is 327 g/mol. The normalized spacial score (nSPS) is 18.9. The van der Waals surface area contributed by atoms with Crippen molar-refractivity contribution < 1.29 is 32.3 Å². The predicted molar refractivity (Wildman–Crippen MR) is 77.1 cm³/mol. The number of ketones is 1. The first kappa shape index (κ1) is 18.0. The SMILES string of the molecule is COC(=O)C1CCN(C(=O)c2ccc(C(F)(F)F)cc2)CCC1=O. The number of methoxy groups -OCH3 is 1. The Morgan fingerprint density at radius 2 is 1.79 bits per heavy atom. The molecule has 1 amide bonds. The van der Waals surface area contributed by atoms with Gasteiger partial charge in [0.1, 0.15) is 11.7 Å². The zero-order valence-electron chi connectivity index (χ0n) is 12.9. The number of benzene rings is 1. The molecule has 1 atom stereocenters. The molecule has 0 radical (unpaired) electrons. The fourth-order valence-corrected chi connectivity index (χ4v) is 2.56. The first-order valence-electron chi connectivity index (χ1n) is 7.31. The van der Waals surface area contributed by atoms with Crippen LogP contribution in [0.25, 0.3) is 0 Å². The zero-order valence-corrected chi connectivity index (χ0v) is 12.9. The molecule has 1 aliphatic rings. The molecule has 8 heteroatoms. The van der Waals surface area contributed by atoms with Crippen LogP contribution in [0.5, 0.6) is 0 Å². The number of carbonyl (C=O) groups excluding carboxylic acids is 3. The number of carbonyl (C=O) groups is 3. The van der Waals surface area contributed by atoms with Crippen LogP contribution in [-0.4, -0.2) is 42.8 Å². The average Bonchev–Trinajstić information content (AvgIpc) is 2.74. The van der Waals surface area contributed by atoms with Gasteiger partial charge in [-0.3, -0.25) is 14.4 Å². The number of rotatable bonds is 2. The number of likely N-dealkylation sites (tertiary alicyclic amines) is 1. The molecule has 130 valence electrons. The number of amides is 1. The first-order chi connectivity index (χ1) is 11.2. The smallest absolute Gasteiger partial charge is 0.416 e. The van der Waals surface area contributed by atoms with E-state index in [1.54, 1.807) is 0 Å². The van der Waals surface area contributed by atoms with Crippen LogP contribution in [0.4, 0.5) is 13.2 Å². The Labute approximate surface area is 136 Å². The second-order valence-corrected chi connectivity index (χ2v) is 5.45. The lowest BCUT2D eigenvalue weighted by Gasteiger charge is -2.20. The molecule has 24 heavy (non-hydrogen) atoms. The van der Waals surface area contributed by atoms with E-state index in [1.807, 2.05) is 0 Å². The maximum absolute atomic E-state index is 12.5. The first-order valence-corrected chi connectivity index (χ1v) is 7.31. The van der Waals surface area contributed by atoms with Crippen LogP contribution in [0.15, 0.2) is 24.3 Å². The summed E-state index contributed by atoms with van der Waals surface area (Å²) in [7, 11) is 1.19. The summed E-state index contributed by atoms with van der Waals surface area (Å²) in [6, 6.07) is 3.90. The van der Waals surface area contributed by atoms with Crippen molar-refractivity contribution in [2.75, 3.05) is 20.2 Å². The van der Waals surface area contributed by atoms with Crippen LogP contribution in [0.2, 0.25) is 0 Å². The van der Waals surface area contributed by atoms with E-state index in [0.29, 0.717) is 0 Å². The van der Waals surface area contributed by atoms with Crippen molar-refractivity contribution in [3.63, 3.8) is 0 Å². The van der Waals surface area contributed by atoms with Gasteiger partial charge in [0.25, 0.3) is 5.91 Å². The van der Waals surface area contributed by atoms with E-state index in [2.05, 4.69) is 4.74 Å². The monoisotopic (exact) mass is 343 g/mol. The second-order valence-electron chi connectivity index (χ2n) is 5.45. The van der Waals surface area contributed by atoms with Crippen molar-refractivity contribution in [3.8, 4) is 0 Å². The van der Waals surface area contributed by atoms with E-state index in [4.69, 9.17) is 0 Å². The Bertz CT molecular complexity index is 640. The molecule has 1 fully saturated rings. The number of hydrogen-bond donors (Lipinski definition) is 0. The Morgan fingerprint density at radius 3 is 2.33 bits per heavy atom. The maximum atomic E-state index is 12.5. The van der Waals surface area contributed by atoms with Gasteiger partial charge in [0, 0.05) is 25.1 Å². The second kappa shape index (κ2) is 7.02. The van der Waals surface area contributed by atoms with Gasteiger partial charge in [0.2, 0.25) is 0 Å². The van der Waals surface area contributed by atoms with Crippen LogP contribution in [0.1, 0.15) is 28.8 Å². The predicted octanol–water partition coefficient (Wildman–Crippen LogP) is 2.30. The largest absolute Gasteiger partial charge is 0.468 e. The van der Waals surface area contributed by atoms with Gasteiger partial charge in [0.15, 0.2) is 0 Å². The molecule has 1 heterocycles. The molecule has 1 aromatic rings. The molecule has 2 rings (SSSR count). The molecule has 0 aromatic heterocycles. The molecular formula is C16H16F3NO4. The maximum Gasteiger partial charge on any atom is 0.416 e. The number of ether oxygens (including phenoxy) is 1. The summed E-state index contributed by atoms with van der Waals surface area (Å²) >= 11 is 0. The van der Waals surface area contributed by atoms with Crippen molar-refractivity contribution in [1.82, 2.24) is 4.90 Å². The molecule has 1 unspecified atom stereocenters. The quantitative estimate of drug-likeness (QED) is 0.611. The summed E-state index contributed by atoms with van der Waals surface area (Å²) in [5.74, 6) is -2.31. The number of esters is 1. The highest BCUT2D eigenvalue weighted by atomic mass is 19.4. The highest BCUT2D eigenvalue weighted by molar-refractivity contribution is 6.00. The number of hydrogen-bond acceptors (Lipinski definition) is 4. The number of alkyl halides is 3. The van der Waals surface area contributed by atoms with E-state index < -0.39 is 29.5 Å². The third-order valence-corrected chi connectivity index (χ3v) is 3.94. The number of halogens is 3. The minimum atomic E-state index is -4.47. The van der Waals surface area contributed by atoms with E-state index in [1.165, 1.54) is 12.0 Å². The van der Waals surface area contributed by atoms with Crippen LogP contribution in [0, 0.1) is 5.92 Å². The Balaban J connectivity index is 2.10. The highest BCUT2D eigenvalue weighted by Crippen LogP contribution is 2.29. The molecule has 1 aliphatic heterocycles. The van der Waals surface area contributed by atoms with Gasteiger partial charge in [-0.15, -0.1) is 0 Å². The summed E-state index contributed by atoms with van der Waals surface area (Å²) in [4.78, 5) is 37.2. The van der Waals surface area contributed by atoms with Crippen LogP contribution in [0.3, 0.4) is 0 Å². The lowest BCUT2D eigenvalue weighted by Crippen LogP contribution is -2.32. The summed E-state index contributed by atoms with van der Waals surface area (Å²) in [5, 5.41) is 0. The molecule has 5 nitrogen and oxygen atoms in total. The van der Waals surface area contributed by atoms with Crippen LogP contribution >= 0.6 is 0 Å². The molecule has 1 saturated heterocycles. The van der Waals surface area contributed by atoms with E-state index >= 15 is 0 Å². The van der Waals surface area contributed by atoms with Gasteiger partial charge < -0.3 is 9.64 Å². The minimum absolute atomic E-state index is 0.00609. The van der Waals surface area contributed by atoms with Crippen molar-refractivity contribution >= 4 is 17.7 Å². The lowest BCUT2D eigenvalue weighted by molar-refractivity contribution is -0.149. The Morgan fingerprint density at radius 1 is 1.17 bits per heavy atom.